The van der Waals surface area contributed by atoms with Gasteiger partial charge >= 0.3 is 6.03 Å². The van der Waals surface area contributed by atoms with Crippen LogP contribution >= 0.6 is 22.9 Å². The molecule has 1 fully saturated rings. The molecule has 2 N–H and O–H groups in total. The predicted molar refractivity (Wildman–Crippen MR) is 122 cm³/mol. The summed E-state index contributed by atoms with van der Waals surface area (Å²) in [6.07, 6.45) is 1.43. The van der Waals surface area contributed by atoms with Crippen LogP contribution in [0.5, 0.6) is 0 Å². The Bertz CT molecular complexity index is 1100. The number of halogens is 1. The molecule has 3 amide bonds. The van der Waals surface area contributed by atoms with Gasteiger partial charge in [-0.05, 0) is 42.5 Å². The molecule has 7 nitrogen and oxygen atoms in total. The largest absolute Gasteiger partial charge is 0.334 e. The SMILES string of the molecule is Cc1ccc(CNC(=O)NCc2scc3c2CN([C@H]2CCCC(=O)CC2=O)C3=O)cc1Cl. The Labute approximate surface area is 195 Å². The van der Waals surface area contributed by atoms with Crippen LogP contribution in [-0.2, 0) is 29.2 Å². The van der Waals surface area contributed by atoms with Crippen molar-refractivity contribution >= 4 is 46.4 Å². The van der Waals surface area contributed by atoms with Crippen molar-refractivity contribution in [1.29, 1.82) is 0 Å². The molecule has 32 heavy (non-hydrogen) atoms. The number of nitrogens with one attached hydrogen (secondary N) is 2. The molecule has 1 atom stereocenters. The van der Waals surface area contributed by atoms with Crippen molar-refractivity contribution in [2.45, 2.75) is 58.3 Å². The molecule has 0 radical (unpaired) electrons. The van der Waals surface area contributed by atoms with E-state index in [9.17, 15) is 19.2 Å². The van der Waals surface area contributed by atoms with E-state index < -0.39 is 6.04 Å². The van der Waals surface area contributed by atoms with Gasteiger partial charge in [0.2, 0.25) is 0 Å². The lowest BCUT2D eigenvalue weighted by Crippen LogP contribution is -2.41. The van der Waals surface area contributed by atoms with E-state index >= 15 is 0 Å². The summed E-state index contributed by atoms with van der Waals surface area (Å²) in [7, 11) is 0. The summed E-state index contributed by atoms with van der Waals surface area (Å²) in [6, 6.07) is 4.78. The van der Waals surface area contributed by atoms with Crippen LogP contribution in [0.4, 0.5) is 4.79 Å². The highest BCUT2D eigenvalue weighted by Crippen LogP contribution is 2.34. The number of hydrogen-bond acceptors (Lipinski definition) is 5. The van der Waals surface area contributed by atoms with Gasteiger partial charge in [-0.25, -0.2) is 4.79 Å². The monoisotopic (exact) mass is 473 g/mol. The van der Waals surface area contributed by atoms with Crippen LogP contribution in [0.15, 0.2) is 23.6 Å². The van der Waals surface area contributed by atoms with E-state index in [1.54, 1.807) is 10.3 Å². The molecule has 1 aromatic carbocycles. The van der Waals surface area contributed by atoms with Crippen molar-refractivity contribution in [3.05, 3.63) is 55.7 Å². The van der Waals surface area contributed by atoms with Gasteiger partial charge in [-0.3, -0.25) is 14.4 Å². The summed E-state index contributed by atoms with van der Waals surface area (Å²) < 4.78 is 0. The molecule has 2 aromatic rings. The molecule has 0 unspecified atom stereocenters. The molecule has 4 rings (SSSR count). The number of carbonyl (C=O) groups is 4. The van der Waals surface area contributed by atoms with Crippen LogP contribution in [0, 0.1) is 6.92 Å². The summed E-state index contributed by atoms with van der Waals surface area (Å²) in [6.45, 7) is 2.90. The number of benzene rings is 1. The van der Waals surface area contributed by atoms with Crippen molar-refractivity contribution in [1.82, 2.24) is 15.5 Å². The number of aryl methyl sites for hydroxylation is 1. The molecular weight excluding hydrogens is 450 g/mol. The number of hydrogen-bond donors (Lipinski definition) is 2. The first-order valence-corrected chi connectivity index (χ1v) is 11.8. The quantitative estimate of drug-likeness (QED) is 0.510. The van der Waals surface area contributed by atoms with Gasteiger partial charge < -0.3 is 15.5 Å². The number of carbonyl (C=O) groups excluding carboxylic acids is 4. The highest BCUT2D eigenvalue weighted by molar-refractivity contribution is 7.10. The van der Waals surface area contributed by atoms with Crippen LogP contribution in [0.2, 0.25) is 5.02 Å². The Kier molecular flexibility index (Phi) is 6.62. The molecule has 1 aliphatic carbocycles. The molecule has 2 aliphatic rings. The fourth-order valence-electron chi connectivity index (χ4n) is 4.11. The zero-order valence-corrected chi connectivity index (χ0v) is 19.3. The second-order valence-electron chi connectivity index (χ2n) is 8.19. The molecule has 2 heterocycles. The third-order valence-corrected chi connectivity index (χ3v) is 7.39. The van der Waals surface area contributed by atoms with Crippen molar-refractivity contribution in [2.75, 3.05) is 0 Å². The van der Waals surface area contributed by atoms with Gasteiger partial charge in [-0.2, -0.15) is 0 Å². The lowest BCUT2D eigenvalue weighted by molar-refractivity contribution is -0.128. The van der Waals surface area contributed by atoms with Crippen LogP contribution < -0.4 is 10.6 Å². The average Bonchev–Trinajstić information content (AvgIpc) is 3.24. The summed E-state index contributed by atoms with van der Waals surface area (Å²) in [4.78, 5) is 51.8. The third kappa shape index (κ3) is 4.71. The van der Waals surface area contributed by atoms with Crippen LogP contribution in [0.3, 0.4) is 0 Å². The molecular formula is C23H24ClN3O4S. The van der Waals surface area contributed by atoms with Gasteiger partial charge in [0.1, 0.15) is 5.78 Å². The van der Waals surface area contributed by atoms with Crippen molar-refractivity contribution < 1.29 is 19.2 Å². The minimum absolute atomic E-state index is 0.0536. The number of urea groups is 1. The number of nitrogens with zero attached hydrogens (tertiary/aromatic N) is 1. The number of amides is 3. The molecule has 0 spiro atoms. The lowest BCUT2D eigenvalue weighted by atomic mass is 10.1. The van der Waals surface area contributed by atoms with E-state index in [4.69, 9.17) is 11.6 Å². The summed E-state index contributed by atoms with van der Waals surface area (Å²) in [5, 5.41) is 8.08. The first-order valence-electron chi connectivity index (χ1n) is 10.5. The highest BCUT2D eigenvalue weighted by Gasteiger charge is 2.39. The smallest absolute Gasteiger partial charge is 0.315 e. The maximum Gasteiger partial charge on any atom is 0.315 e. The van der Waals surface area contributed by atoms with Crippen LogP contribution in [0.1, 0.15) is 57.6 Å². The Balaban J connectivity index is 1.35. The van der Waals surface area contributed by atoms with Gasteiger partial charge in [0.15, 0.2) is 5.78 Å². The lowest BCUT2D eigenvalue weighted by Gasteiger charge is -2.25. The topological polar surface area (TPSA) is 95.6 Å². The van der Waals surface area contributed by atoms with Gasteiger partial charge in [0.05, 0.1) is 24.6 Å². The fourth-order valence-corrected chi connectivity index (χ4v) is 5.29. The number of ketones is 2. The zero-order valence-electron chi connectivity index (χ0n) is 17.7. The van der Waals surface area contributed by atoms with Gasteiger partial charge in [0.25, 0.3) is 5.91 Å². The van der Waals surface area contributed by atoms with Crippen molar-refractivity contribution in [3.8, 4) is 0 Å². The Morgan fingerprint density at radius 2 is 2.00 bits per heavy atom. The average molecular weight is 474 g/mol. The van der Waals surface area contributed by atoms with E-state index in [2.05, 4.69) is 10.6 Å². The first-order chi connectivity index (χ1) is 15.3. The standard InChI is InChI=1S/C23H24ClN3O4S/c1-13-5-6-14(7-18(13)24)9-25-23(31)26-10-21-16-11-27(22(30)17(16)12-32-21)19-4-2-3-15(28)8-20(19)29/h5-7,12,19H,2-4,8-11H2,1H3,(H2,25,26,31)/t19-/m0/s1. The van der Waals surface area contributed by atoms with E-state index in [1.165, 1.54) is 11.3 Å². The second kappa shape index (κ2) is 9.42. The first kappa shape index (κ1) is 22.5. The molecule has 1 aromatic heterocycles. The van der Waals surface area contributed by atoms with Gasteiger partial charge in [-0.15, -0.1) is 11.3 Å². The molecule has 1 aliphatic heterocycles. The summed E-state index contributed by atoms with van der Waals surface area (Å²) in [5.74, 6) is -0.400. The number of rotatable bonds is 5. The molecule has 9 heteroatoms. The highest BCUT2D eigenvalue weighted by atomic mass is 35.5. The molecule has 0 saturated heterocycles. The van der Waals surface area contributed by atoms with E-state index in [1.807, 2.05) is 25.1 Å². The van der Waals surface area contributed by atoms with Crippen LogP contribution in [-0.4, -0.2) is 34.4 Å². The van der Waals surface area contributed by atoms with E-state index in [-0.39, 0.29) is 29.9 Å². The maximum absolute atomic E-state index is 12.9. The predicted octanol–water partition coefficient (Wildman–Crippen LogP) is 3.75. The van der Waals surface area contributed by atoms with Gasteiger partial charge in [0, 0.05) is 34.8 Å². The molecule has 0 bridgehead atoms. The zero-order chi connectivity index (χ0) is 22.8. The van der Waals surface area contributed by atoms with Crippen LogP contribution in [0.25, 0.3) is 0 Å². The molecule has 1 saturated carbocycles. The van der Waals surface area contributed by atoms with Crippen molar-refractivity contribution in [2.24, 2.45) is 0 Å². The van der Waals surface area contributed by atoms with Crippen molar-refractivity contribution in [3.63, 3.8) is 0 Å². The second-order valence-corrected chi connectivity index (χ2v) is 9.57. The fraction of sp³-hybridized carbons (Fsp3) is 0.391. The maximum atomic E-state index is 12.9. The number of fused-ring (bicyclic) bond motifs is 1. The number of Topliss-reactive ketones (excluding diaryl/α,β-unsaturated/α-hetero) is 2. The normalized spacial score (nSPS) is 18.5. The minimum Gasteiger partial charge on any atom is -0.334 e. The summed E-state index contributed by atoms with van der Waals surface area (Å²) >= 11 is 7.54. The Morgan fingerprint density at radius 1 is 1.22 bits per heavy atom. The summed E-state index contributed by atoms with van der Waals surface area (Å²) in [5.41, 5.74) is 3.33. The molecule has 168 valence electrons. The minimum atomic E-state index is -0.545. The Hall–Kier alpha value is -2.71. The number of thiophene rings is 1. The van der Waals surface area contributed by atoms with E-state index in [0.29, 0.717) is 49.5 Å². The van der Waals surface area contributed by atoms with E-state index in [0.717, 1.165) is 21.6 Å². The third-order valence-electron chi connectivity index (χ3n) is 5.95. The Morgan fingerprint density at radius 3 is 2.78 bits per heavy atom. The van der Waals surface area contributed by atoms with Gasteiger partial charge in [-0.1, -0.05) is 23.7 Å².